The van der Waals surface area contributed by atoms with E-state index in [0.717, 1.165) is 11.5 Å². The van der Waals surface area contributed by atoms with Crippen LogP contribution in [0.15, 0.2) is 24.5 Å². The molecule has 0 unspecified atom stereocenters. The Labute approximate surface area is 109 Å². The summed E-state index contributed by atoms with van der Waals surface area (Å²) in [5, 5.41) is 3.11. The van der Waals surface area contributed by atoms with Crippen molar-refractivity contribution in [1.29, 1.82) is 0 Å². The molecule has 1 N–H and O–H groups in total. The number of hydrogen-bond acceptors (Lipinski definition) is 4. The fourth-order valence-electron chi connectivity index (χ4n) is 1.54. The number of anilines is 1. The van der Waals surface area contributed by atoms with Crippen LogP contribution in [0.2, 0.25) is 0 Å². The molecule has 5 nitrogen and oxygen atoms in total. The maximum absolute atomic E-state index is 11.9. The number of aryl methyl sites for hydroxylation is 1. The van der Waals surface area contributed by atoms with Crippen LogP contribution in [0.1, 0.15) is 11.5 Å². The molecule has 0 aliphatic heterocycles. The maximum atomic E-state index is 11.9. The van der Waals surface area contributed by atoms with Gasteiger partial charge in [-0.1, -0.05) is 0 Å². The van der Waals surface area contributed by atoms with Crippen molar-refractivity contribution in [2.24, 2.45) is 7.05 Å². The van der Waals surface area contributed by atoms with Gasteiger partial charge in [0.1, 0.15) is 5.82 Å². The molecule has 0 saturated carbocycles. The molecule has 0 bridgehead atoms. The second-order valence-electron chi connectivity index (χ2n) is 3.99. The summed E-state index contributed by atoms with van der Waals surface area (Å²) in [7, 11) is 1.93. The third-order valence-corrected chi connectivity index (χ3v) is 2.71. The fourth-order valence-corrected chi connectivity index (χ4v) is 1.54. The third kappa shape index (κ3) is 3.40. The van der Waals surface area contributed by atoms with Crippen LogP contribution in [0.3, 0.4) is 0 Å². The standard InChI is InChI=1S/C12H14F2N4O/c1-8-5-16-10(18(8)2)7-15-9-3-4-11(17-6-9)19-12(13)14/h3-6,12,15H,7H2,1-2H3. The normalized spacial score (nSPS) is 10.8. The lowest BCUT2D eigenvalue weighted by molar-refractivity contribution is -0.0528. The molecule has 0 atom stereocenters. The van der Waals surface area contributed by atoms with Gasteiger partial charge >= 0.3 is 6.61 Å². The number of halogens is 2. The first-order valence-electron chi connectivity index (χ1n) is 5.68. The number of rotatable bonds is 5. The van der Waals surface area contributed by atoms with Crippen LogP contribution in [0.4, 0.5) is 14.5 Å². The lowest BCUT2D eigenvalue weighted by atomic mass is 10.4. The monoisotopic (exact) mass is 268 g/mol. The molecule has 2 rings (SSSR count). The quantitative estimate of drug-likeness (QED) is 0.904. The number of alkyl halides is 2. The van der Waals surface area contributed by atoms with Crippen molar-refractivity contribution in [1.82, 2.24) is 14.5 Å². The lowest BCUT2D eigenvalue weighted by Crippen LogP contribution is -2.07. The zero-order valence-electron chi connectivity index (χ0n) is 10.6. The van der Waals surface area contributed by atoms with Gasteiger partial charge in [-0.2, -0.15) is 8.78 Å². The number of nitrogens with one attached hydrogen (secondary N) is 1. The Balaban J connectivity index is 1.95. The molecule has 2 aromatic rings. The second kappa shape index (κ2) is 5.64. The molecule has 0 aliphatic carbocycles. The van der Waals surface area contributed by atoms with E-state index in [2.05, 4.69) is 20.0 Å². The molecule has 7 heteroatoms. The van der Waals surface area contributed by atoms with E-state index < -0.39 is 6.61 Å². The molecular formula is C12H14F2N4O. The Morgan fingerprint density at radius 2 is 2.11 bits per heavy atom. The SMILES string of the molecule is Cc1cnc(CNc2ccc(OC(F)F)nc2)n1C. The maximum Gasteiger partial charge on any atom is 0.388 e. The summed E-state index contributed by atoms with van der Waals surface area (Å²) in [6.45, 7) is -0.364. The van der Waals surface area contributed by atoms with Crippen molar-refractivity contribution < 1.29 is 13.5 Å². The van der Waals surface area contributed by atoms with Gasteiger partial charge in [0.2, 0.25) is 5.88 Å². The average molecular weight is 268 g/mol. The number of aromatic nitrogens is 3. The third-order valence-electron chi connectivity index (χ3n) is 2.71. The van der Waals surface area contributed by atoms with E-state index in [-0.39, 0.29) is 5.88 Å². The van der Waals surface area contributed by atoms with Gasteiger partial charge in [-0.3, -0.25) is 0 Å². The number of nitrogens with zero attached hydrogens (tertiary/aromatic N) is 3. The van der Waals surface area contributed by atoms with Crippen LogP contribution in [-0.2, 0) is 13.6 Å². The zero-order chi connectivity index (χ0) is 13.8. The van der Waals surface area contributed by atoms with Crippen LogP contribution >= 0.6 is 0 Å². The van der Waals surface area contributed by atoms with Crippen LogP contribution in [-0.4, -0.2) is 21.1 Å². The summed E-state index contributed by atoms with van der Waals surface area (Å²) in [5.74, 6) is 0.777. The Morgan fingerprint density at radius 3 is 2.63 bits per heavy atom. The molecule has 19 heavy (non-hydrogen) atoms. The van der Waals surface area contributed by atoms with Gasteiger partial charge < -0.3 is 14.6 Å². The first kappa shape index (κ1) is 13.3. The first-order valence-corrected chi connectivity index (χ1v) is 5.68. The predicted octanol–water partition coefficient (Wildman–Crippen LogP) is 2.34. The smallest absolute Gasteiger partial charge is 0.388 e. The van der Waals surface area contributed by atoms with Gasteiger partial charge in [0.25, 0.3) is 0 Å². The Morgan fingerprint density at radius 1 is 1.32 bits per heavy atom. The van der Waals surface area contributed by atoms with Crippen LogP contribution < -0.4 is 10.1 Å². The van der Waals surface area contributed by atoms with Crippen molar-refractivity contribution >= 4 is 5.69 Å². The minimum absolute atomic E-state index is 0.103. The summed E-state index contributed by atoms with van der Waals surface area (Å²) < 4.78 is 30.0. The Hall–Kier alpha value is -2.18. The molecule has 0 radical (unpaired) electrons. The molecule has 0 spiro atoms. The zero-order valence-corrected chi connectivity index (χ0v) is 10.6. The molecular weight excluding hydrogens is 254 g/mol. The highest BCUT2D eigenvalue weighted by atomic mass is 19.3. The highest BCUT2D eigenvalue weighted by Crippen LogP contribution is 2.14. The number of hydrogen-bond donors (Lipinski definition) is 1. The first-order chi connectivity index (χ1) is 9.06. The molecule has 0 aliphatic rings. The van der Waals surface area contributed by atoms with Gasteiger partial charge in [-0.05, 0) is 13.0 Å². The number of ether oxygens (including phenoxy) is 1. The topological polar surface area (TPSA) is 52.0 Å². The van der Waals surface area contributed by atoms with Crippen molar-refractivity contribution in [3.63, 3.8) is 0 Å². The minimum Gasteiger partial charge on any atom is -0.417 e. The summed E-state index contributed by atoms with van der Waals surface area (Å²) in [5.41, 5.74) is 1.78. The number of pyridine rings is 1. The average Bonchev–Trinajstić information content (AvgIpc) is 2.69. The molecule has 2 aromatic heterocycles. The van der Waals surface area contributed by atoms with E-state index >= 15 is 0 Å². The molecule has 0 saturated heterocycles. The van der Waals surface area contributed by atoms with Crippen molar-refractivity contribution in [3.05, 3.63) is 36.0 Å². The highest BCUT2D eigenvalue weighted by molar-refractivity contribution is 5.42. The van der Waals surface area contributed by atoms with Crippen LogP contribution in [0.5, 0.6) is 5.88 Å². The van der Waals surface area contributed by atoms with Gasteiger partial charge in [-0.25, -0.2) is 9.97 Å². The summed E-state index contributed by atoms with van der Waals surface area (Å²) in [6.07, 6.45) is 3.22. The highest BCUT2D eigenvalue weighted by Gasteiger charge is 2.06. The van der Waals surface area contributed by atoms with Crippen LogP contribution in [0, 0.1) is 6.92 Å². The summed E-state index contributed by atoms with van der Waals surface area (Å²) >= 11 is 0. The molecule has 0 fully saturated rings. The fraction of sp³-hybridized carbons (Fsp3) is 0.333. The van der Waals surface area contributed by atoms with Crippen molar-refractivity contribution in [3.8, 4) is 5.88 Å². The van der Waals surface area contributed by atoms with Gasteiger partial charge in [0.15, 0.2) is 0 Å². The van der Waals surface area contributed by atoms with Gasteiger partial charge in [-0.15, -0.1) is 0 Å². The lowest BCUT2D eigenvalue weighted by Gasteiger charge is -2.08. The van der Waals surface area contributed by atoms with E-state index in [1.165, 1.54) is 12.3 Å². The van der Waals surface area contributed by atoms with E-state index in [1.807, 2.05) is 18.5 Å². The summed E-state index contributed by atoms with van der Waals surface area (Å²) in [6, 6.07) is 3.01. The van der Waals surface area contributed by atoms with E-state index in [9.17, 15) is 8.78 Å². The Bertz CT molecular complexity index is 539. The molecule has 2 heterocycles. The second-order valence-corrected chi connectivity index (χ2v) is 3.99. The van der Waals surface area contributed by atoms with Crippen LogP contribution in [0.25, 0.3) is 0 Å². The van der Waals surface area contributed by atoms with Crippen molar-refractivity contribution in [2.45, 2.75) is 20.1 Å². The van der Waals surface area contributed by atoms with E-state index in [4.69, 9.17) is 0 Å². The molecule has 0 aromatic carbocycles. The van der Waals surface area contributed by atoms with E-state index in [1.54, 1.807) is 12.3 Å². The largest absolute Gasteiger partial charge is 0.417 e. The van der Waals surface area contributed by atoms with E-state index in [0.29, 0.717) is 12.2 Å². The van der Waals surface area contributed by atoms with Gasteiger partial charge in [0.05, 0.1) is 18.4 Å². The number of imidazole rings is 1. The van der Waals surface area contributed by atoms with Gasteiger partial charge in [0, 0.05) is 25.0 Å². The van der Waals surface area contributed by atoms with Crippen molar-refractivity contribution in [2.75, 3.05) is 5.32 Å². The molecule has 102 valence electrons. The summed E-state index contributed by atoms with van der Waals surface area (Å²) in [4.78, 5) is 8.01. The minimum atomic E-state index is -2.86. The molecule has 0 amide bonds. The Kier molecular flexibility index (Phi) is 3.94. The predicted molar refractivity (Wildman–Crippen MR) is 66.1 cm³/mol.